The maximum Gasteiger partial charge on any atom is 0.337 e. The molecule has 0 aromatic heterocycles. The average molecular weight is 377 g/mol. The Kier molecular flexibility index (Phi) is 6.19. The fraction of sp³-hybridized carbons (Fsp3) is 0.167. The minimum atomic E-state index is -0.873. The minimum absolute atomic E-state index is 0.329. The van der Waals surface area contributed by atoms with E-state index in [4.69, 9.17) is 16.3 Å². The number of nitrogens with one attached hydrogen (secondary N) is 2. The summed E-state index contributed by atoms with van der Waals surface area (Å²) < 4.78 is 9.74. The van der Waals surface area contributed by atoms with Crippen LogP contribution in [0.25, 0.3) is 0 Å². The summed E-state index contributed by atoms with van der Waals surface area (Å²) in [5, 5.41) is 5.40. The summed E-state index contributed by atoms with van der Waals surface area (Å²) in [6, 6.07) is 9.10. The van der Waals surface area contributed by atoms with Crippen LogP contribution in [0.15, 0.2) is 36.4 Å². The molecule has 0 spiro atoms. The first kappa shape index (κ1) is 19.3. The Morgan fingerprint density at radius 3 is 2.15 bits per heavy atom. The second kappa shape index (κ2) is 8.35. The number of esters is 1. The fourth-order valence-electron chi connectivity index (χ4n) is 2.10. The standard InChI is InChI=1S/C18H17ClN2O5/c1-10-8-14(15(25-2)9-13(10)19)21-17(23)16(22)20-12-6-4-11(5-7-12)18(24)26-3/h4-9H,1-3H3,(H,20,22)(H,21,23). The third kappa shape index (κ3) is 4.52. The molecule has 8 heteroatoms. The Morgan fingerprint density at radius 1 is 0.962 bits per heavy atom. The molecule has 0 atom stereocenters. The molecule has 0 heterocycles. The first-order valence-electron chi connectivity index (χ1n) is 7.50. The highest BCUT2D eigenvalue weighted by molar-refractivity contribution is 6.43. The number of hydrogen-bond acceptors (Lipinski definition) is 5. The second-order valence-corrected chi connectivity index (χ2v) is 5.69. The number of aryl methyl sites for hydroxylation is 1. The Hall–Kier alpha value is -3.06. The molecule has 2 aromatic carbocycles. The maximum absolute atomic E-state index is 12.1. The molecule has 2 amide bonds. The normalized spacial score (nSPS) is 10.0. The van der Waals surface area contributed by atoms with E-state index in [-0.39, 0.29) is 0 Å². The molecule has 0 saturated carbocycles. The molecule has 2 N–H and O–H groups in total. The first-order valence-corrected chi connectivity index (χ1v) is 7.88. The third-order valence-corrected chi connectivity index (χ3v) is 3.91. The van der Waals surface area contributed by atoms with Gasteiger partial charge in [-0.25, -0.2) is 4.79 Å². The summed E-state index contributed by atoms with van der Waals surface area (Å²) in [4.78, 5) is 35.6. The fourth-order valence-corrected chi connectivity index (χ4v) is 2.26. The molecule has 26 heavy (non-hydrogen) atoms. The van der Waals surface area contributed by atoms with E-state index in [1.165, 1.54) is 38.5 Å². The van der Waals surface area contributed by atoms with Crippen molar-refractivity contribution in [1.29, 1.82) is 0 Å². The number of anilines is 2. The third-order valence-electron chi connectivity index (χ3n) is 3.50. The zero-order valence-electron chi connectivity index (χ0n) is 14.4. The van der Waals surface area contributed by atoms with Crippen LogP contribution in [0.1, 0.15) is 15.9 Å². The highest BCUT2D eigenvalue weighted by Crippen LogP contribution is 2.30. The molecule has 0 radical (unpaired) electrons. The van der Waals surface area contributed by atoms with E-state index in [9.17, 15) is 14.4 Å². The highest BCUT2D eigenvalue weighted by Gasteiger charge is 2.17. The average Bonchev–Trinajstić information content (AvgIpc) is 2.64. The first-order chi connectivity index (χ1) is 12.3. The summed E-state index contributed by atoms with van der Waals surface area (Å²) in [5.41, 5.74) is 1.74. The Bertz CT molecular complexity index is 849. The van der Waals surface area contributed by atoms with Gasteiger partial charge in [-0.3, -0.25) is 9.59 Å². The lowest BCUT2D eigenvalue weighted by Crippen LogP contribution is -2.29. The summed E-state index contributed by atoms with van der Waals surface area (Å²) in [5.74, 6) is -1.90. The van der Waals surface area contributed by atoms with Crippen molar-refractivity contribution in [2.24, 2.45) is 0 Å². The van der Waals surface area contributed by atoms with Crippen LogP contribution in [-0.2, 0) is 14.3 Å². The zero-order chi connectivity index (χ0) is 19.3. The molecular weight excluding hydrogens is 360 g/mol. The molecule has 0 fully saturated rings. The molecule has 0 aliphatic heterocycles. The number of halogens is 1. The predicted molar refractivity (Wildman–Crippen MR) is 97.8 cm³/mol. The van der Waals surface area contributed by atoms with Crippen LogP contribution < -0.4 is 15.4 Å². The van der Waals surface area contributed by atoms with E-state index in [0.717, 1.165) is 5.56 Å². The van der Waals surface area contributed by atoms with Crippen LogP contribution in [0.4, 0.5) is 11.4 Å². The molecule has 0 aliphatic rings. The largest absolute Gasteiger partial charge is 0.495 e. The van der Waals surface area contributed by atoms with E-state index in [1.54, 1.807) is 19.1 Å². The van der Waals surface area contributed by atoms with Crippen LogP contribution in [0.2, 0.25) is 5.02 Å². The SMILES string of the molecule is COC(=O)c1ccc(NC(=O)C(=O)Nc2cc(C)c(Cl)cc2OC)cc1. The number of amides is 2. The molecule has 0 aliphatic carbocycles. The van der Waals surface area contributed by atoms with E-state index < -0.39 is 17.8 Å². The highest BCUT2D eigenvalue weighted by atomic mass is 35.5. The minimum Gasteiger partial charge on any atom is -0.495 e. The lowest BCUT2D eigenvalue weighted by molar-refractivity contribution is -0.133. The smallest absolute Gasteiger partial charge is 0.337 e. The number of hydrogen-bond donors (Lipinski definition) is 2. The Morgan fingerprint density at radius 2 is 1.58 bits per heavy atom. The van der Waals surface area contributed by atoms with Gasteiger partial charge in [-0.05, 0) is 42.8 Å². The van der Waals surface area contributed by atoms with Gasteiger partial charge in [0.15, 0.2) is 0 Å². The van der Waals surface area contributed by atoms with Crippen molar-refractivity contribution >= 4 is 40.8 Å². The number of ether oxygens (including phenoxy) is 2. The quantitative estimate of drug-likeness (QED) is 0.632. The van der Waals surface area contributed by atoms with Gasteiger partial charge in [-0.2, -0.15) is 0 Å². The van der Waals surface area contributed by atoms with Crippen molar-refractivity contribution in [3.63, 3.8) is 0 Å². The summed E-state index contributed by atoms with van der Waals surface area (Å²) >= 11 is 6.01. The number of methoxy groups -OCH3 is 2. The molecule has 0 unspecified atom stereocenters. The van der Waals surface area contributed by atoms with Crippen LogP contribution in [0.3, 0.4) is 0 Å². The Labute approximate surface area is 155 Å². The number of rotatable bonds is 4. The van der Waals surface area contributed by atoms with Crippen molar-refractivity contribution in [1.82, 2.24) is 0 Å². The van der Waals surface area contributed by atoms with Crippen molar-refractivity contribution in [2.45, 2.75) is 6.92 Å². The van der Waals surface area contributed by atoms with Crippen LogP contribution in [-0.4, -0.2) is 32.0 Å². The summed E-state index contributed by atoms with van der Waals surface area (Å²) in [7, 11) is 2.70. The van der Waals surface area contributed by atoms with Crippen molar-refractivity contribution < 1.29 is 23.9 Å². The topological polar surface area (TPSA) is 93.7 Å². The van der Waals surface area contributed by atoms with E-state index in [2.05, 4.69) is 15.4 Å². The Balaban J connectivity index is 2.07. The van der Waals surface area contributed by atoms with Crippen LogP contribution >= 0.6 is 11.6 Å². The van der Waals surface area contributed by atoms with Gasteiger partial charge in [0, 0.05) is 16.8 Å². The molecule has 2 aromatic rings. The lowest BCUT2D eigenvalue weighted by atomic mass is 10.2. The van der Waals surface area contributed by atoms with Crippen molar-refractivity contribution in [3.8, 4) is 5.75 Å². The summed E-state index contributed by atoms with van der Waals surface area (Å²) in [6.45, 7) is 1.76. The van der Waals surface area contributed by atoms with Crippen LogP contribution in [0.5, 0.6) is 5.75 Å². The van der Waals surface area contributed by atoms with Crippen LogP contribution in [0, 0.1) is 6.92 Å². The number of carbonyl (C=O) groups excluding carboxylic acids is 3. The molecule has 7 nitrogen and oxygen atoms in total. The summed E-state index contributed by atoms with van der Waals surface area (Å²) in [6.07, 6.45) is 0. The van der Waals surface area contributed by atoms with Gasteiger partial charge in [0.2, 0.25) is 0 Å². The zero-order valence-corrected chi connectivity index (χ0v) is 15.1. The van der Waals surface area contributed by atoms with Crippen molar-refractivity contribution in [3.05, 3.63) is 52.5 Å². The van der Waals surface area contributed by atoms with Gasteiger partial charge in [-0.15, -0.1) is 0 Å². The van der Waals surface area contributed by atoms with Gasteiger partial charge in [0.1, 0.15) is 5.75 Å². The molecule has 2 rings (SSSR count). The number of carbonyl (C=O) groups is 3. The van der Waals surface area contributed by atoms with Gasteiger partial charge >= 0.3 is 17.8 Å². The van der Waals surface area contributed by atoms with Crippen molar-refractivity contribution in [2.75, 3.05) is 24.9 Å². The van der Waals surface area contributed by atoms with Gasteiger partial charge in [0.25, 0.3) is 0 Å². The molecule has 0 bridgehead atoms. The maximum atomic E-state index is 12.1. The van der Waals surface area contributed by atoms with Gasteiger partial charge < -0.3 is 20.1 Å². The van der Waals surface area contributed by atoms with Gasteiger partial charge in [-0.1, -0.05) is 11.6 Å². The second-order valence-electron chi connectivity index (χ2n) is 5.28. The predicted octanol–water partition coefficient (Wildman–Crippen LogP) is 3.02. The monoisotopic (exact) mass is 376 g/mol. The van der Waals surface area contributed by atoms with E-state index in [1.807, 2.05) is 0 Å². The number of benzene rings is 2. The van der Waals surface area contributed by atoms with E-state index >= 15 is 0 Å². The lowest BCUT2D eigenvalue weighted by Gasteiger charge is -2.12. The van der Waals surface area contributed by atoms with Gasteiger partial charge in [0.05, 0.1) is 25.5 Å². The van der Waals surface area contributed by atoms with E-state index in [0.29, 0.717) is 27.7 Å². The molecule has 136 valence electrons. The molecular formula is C18H17ClN2O5. The molecule has 0 saturated heterocycles.